The molecule has 4 nitrogen and oxygen atoms in total. The van der Waals surface area contributed by atoms with Crippen LogP contribution in [0.3, 0.4) is 0 Å². The van der Waals surface area contributed by atoms with E-state index < -0.39 is 5.91 Å². The van der Waals surface area contributed by atoms with Crippen molar-refractivity contribution in [1.82, 2.24) is 9.96 Å². The lowest BCUT2D eigenvalue weighted by Crippen LogP contribution is -2.41. The van der Waals surface area contributed by atoms with E-state index in [-0.39, 0.29) is 6.54 Å². The number of likely N-dealkylation sites (tertiary alicyclic amines) is 1. The normalized spacial score (nSPS) is 17.8. The van der Waals surface area contributed by atoms with E-state index in [0.29, 0.717) is 17.5 Å². The van der Waals surface area contributed by atoms with Crippen molar-refractivity contribution in [2.24, 2.45) is 5.92 Å². The molecule has 0 aromatic heterocycles. The van der Waals surface area contributed by atoms with E-state index >= 15 is 0 Å². The molecule has 1 saturated heterocycles. The number of hydrogen-bond acceptors (Lipinski definition) is 3. The highest BCUT2D eigenvalue weighted by Crippen LogP contribution is 2.21. The lowest BCUT2D eigenvalue weighted by Gasteiger charge is -2.36. The lowest BCUT2D eigenvalue weighted by molar-refractivity contribution is -0.162. The quantitative estimate of drug-likeness (QED) is 0.325. The lowest BCUT2D eigenvalue weighted by atomic mass is 9.94. The summed E-state index contributed by atoms with van der Waals surface area (Å²) in [7, 11) is 0. The van der Waals surface area contributed by atoms with E-state index in [1.54, 1.807) is 6.08 Å². The number of hydroxylamine groups is 2. The van der Waals surface area contributed by atoms with Crippen molar-refractivity contribution in [2.75, 3.05) is 13.1 Å². The number of amides is 1. The van der Waals surface area contributed by atoms with Gasteiger partial charge in [0.25, 0.3) is 5.91 Å². The second kappa shape index (κ2) is 10.3. The molecule has 0 aliphatic carbocycles. The molecule has 2 atom stereocenters. The largest absolute Gasteiger partial charge is 0.297 e. The summed E-state index contributed by atoms with van der Waals surface area (Å²) in [6.07, 6.45) is 8.74. The van der Waals surface area contributed by atoms with Crippen LogP contribution in [-0.4, -0.2) is 40.2 Å². The highest BCUT2D eigenvalue weighted by Gasteiger charge is 2.23. The predicted molar refractivity (Wildman–Crippen MR) is 106 cm³/mol. The Morgan fingerprint density at radius 1 is 1.27 bits per heavy atom. The fraction of sp³-hybridized carbons (Fsp3) is 0.500. The van der Waals surface area contributed by atoms with Crippen LogP contribution in [0.15, 0.2) is 54.6 Å². The van der Waals surface area contributed by atoms with Gasteiger partial charge in [-0.2, -0.15) is 0 Å². The number of piperidine rings is 1. The minimum atomic E-state index is -0.452. The standard InChI is InChI=1S/C22H32N2O2/c1-4-18(2)21(23-15-9-6-10-16-23)14-13-19(3)22(25)24(26)17-20-11-7-5-8-12-20/h5,7-8,11-14,18,21,26H,3-4,6,9-10,15-17H2,1-2H3/b14-13-. The molecule has 1 N–H and O–H groups in total. The summed E-state index contributed by atoms with van der Waals surface area (Å²) in [6, 6.07) is 9.75. The molecule has 142 valence electrons. The Bertz CT molecular complexity index is 606. The van der Waals surface area contributed by atoms with Gasteiger partial charge in [-0.1, -0.05) is 75.8 Å². The summed E-state index contributed by atoms with van der Waals surface area (Å²) in [5, 5.41) is 10.8. The number of nitrogens with zero attached hydrogens (tertiary/aromatic N) is 2. The van der Waals surface area contributed by atoms with Gasteiger partial charge in [0.2, 0.25) is 0 Å². The van der Waals surface area contributed by atoms with Gasteiger partial charge in [0, 0.05) is 11.6 Å². The molecule has 0 spiro atoms. The Labute approximate surface area is 157 Å². The molecular formula is C22H32N2O2. The van der Waals surface area contributed by atoms with Crippen LogP contribution in [0, 0.1) is 5.92 Å². The predicted octanol–water partition coefficient (Wildman–Crippen LogP) is 4.42. The molecule has 1 heterocycles. The van der Waals surface area contributed by atoms with Gasteiger partial charge in [-0.25, -0.2) is 5.06 Å². The molecular weight excluding hydrogens is 324 g/mol. The number of carbonyl (C=O) groups is 1. The van der Waals surface area contributed by atoms with Crippen molar-refractivity contribution in [2.45, 2.75) is 52.1 Å². The maximum Gasteiger partial charge on any atom is 0.276 e. The van der Waals surface area contributed by atoms with Crippen molar-refractivity contribution in [3.8, 4) is 0 Å². The molecule has 4 heteroatoms. The van der Waals surface area contributed by atoms with Gasteiger partial charge in [-0.05, 0) is 37.4 Å². The molecule has 26 heavy (non-hydrogen) atoms. The molecule has 2 rings (SSSR count). The first-order valence-electron chi connectivity index (χ1n) is 9.68. The number of carbonyl (C=O) groups excluding carboxylic acids is 1. The maximum absolute atomic E-state index is 12.4. The van der Waals surface area contributed by atoms with Crippen LogP contribution < -0.4 is 0 Å². The molecule has 1 aromatic rings. The summed E-state index contributed by atoms with van der Waals surface area (Å²) in [5.41, 5.74) is 1.19. The molecule has 2 unspecified atom stereocenters. The van der Waals surface area contributed by atoms with Gasteiger partial charge in [-0.3, -0.25) is 14.9 Å². The average Bonchev–Trinajstić information content (AvgIpc) is 2.68. The van der Waals surface area contributed by atoms with Crippen LogP contribution in [0.2, 0.25) is 0 Å². The first kappa shape index (κ1) is 20.4. The molecule has 1 fully saturated rings. The zero-order chi connectivity index (χ0) is 18.9. The van der Waals surface area contributed by atoms with Crippen LogP contribution in [0.5, 0.6) is 0 Å². The Balaban J connectivity index is 1.98. The van der Waals surface area contributed by atoms with Crippen molar-refractivity contribution >= 4 is 5.91 Å². The third kappa shape index (κ3) is 5.82. The summed E-state index contributed by atoms with van der Waals surface area (Å²) < 4.78 is 0. The van der Waals surface area contributed by atoms with Crippen molar-refractivity contribution in [3.63, 3.8) is 0 Å². The number of benzene rings is 1. The molecule has 0 saturated carbocycles. The Morgan fingerprint density at radius 3 is 2.54 bits per heavy atom. The van der Waals surface area contributed by atoms with Gasteiger partial charge in [0.1, 0.15) is 0 Å². The number of hydrogen-bond donors (Lipinski definition) is 1. The molecule has 1 aromatic carbocycles. The Hall–Kier alpha value is -1.91. The van der Waals surface area contributed by atoms with Gasteiger partial charge < -0.3 is 0 Å². The van der Waals surface area contributed by atoms with E-state index in [0.717, 1.165) is 30.1 Å². The van der Waals surface area contributed by atoms with Crippen LogP contribution in [0.1, 0.15) is 45.1 Å². The summed E-state index contributed by atoms with van der Waals surface area (Å²) in [6.45, 7) is 10.7. The minimum Gasteiger partial charge on any atom is -0.297 e. The molecule has 1 amide bonds. The van der Waals surface area contributed by atoms with Crippen molar-refractivity contribution < 1.29 is 10.0 Å². The van der Waals surface area contributed by atoms with Gasteiger partial charge in [0.05, 0.1) is 6.54 Å². The zero-order valence-corrected chi connectivity index (χ0v) is 16.1. The fourth-order valence-electron chi connectivity index (χ4n) is 3.41. The first-order valence-corrected chi connectivity index (χ1v) is 9.68. The SMILES string of the molecule is C=C(/C=C\C(C(C)CC)N1CCCCC1)C(=O)N(O)Cc1ccccc1. The van der Waals surface area contributed by atoms with Crippen molar-refractivity contribution in [1.29, 1.82) is 0 Å². The van der Waals surface area contributed by atoms with Crippen molar-refractivity contribution in [3.05, 3.63) is 60.2 Å². The smallest absolute Gasteiger partial charge is 0.276 e. The topological polar surface area (TPSA) is 43.8 Å². The Morgan fingerprint density at radius 2 is 1.92 bits per heavy atom. The van der Waals surface area contributed by atoms with Crippen LogP contribution in [0.4, 0.5) is 0 Å². The zero-order valence-electron chi connectivity index (χ0n) is 16.1. The van der Waals surface area contributed by atoms with Crippen LogP contribution in [0.25, 0.3) is 0 Å². The monoisotopic (exact) mass is 356 g/mol. The van der Waals surface area contributed by atoms with E-state index in [9.17, 15) is 10.0 Å². The fourth-order valence-corrected chi connectivity index (χ4v) is 3.41. The summed E-state index contributed by atoms with van der Waals surface area (Å²) in [5.74, 6) is 0.0634. The second-order valence-electron chi connectivity index (χ2n) is 7.21. The summed E-state index contributed by atoms with van der Waals surface area (Å²) >= 11 is 0. The van der Waals surface area contributed by atoms with E-state index in [1.807, 2.05) is 30.3 Å². The van der Waals surface area contributed by atoms with E-state index in [2.05, 4.69) is 31.4 Å². The molecule has 0 bridgehead atoms. The van der Waals surface area contributed by atoms with E-state index in [4.69, 9.17) is 0 Å². The highest BCUT2D eigenvalue weighted by molar-refractivity contribution is 5.94. The molecule has 1 aliphatic rings. The van der Waals surface area contributed by atoms with Gasteiger partial charge in [-0.15, -0.1) is 0 Å². The first-order chi connectivity index (χ1) is 12.5. The summed E-state index contributed by atoms with van der Waals surface area (Å²) in [4.78, 5) is 14.9. The van der Waals surface area contributed by atoms with E-state index in [1.165, 1.54) is 19.3 Å². The van der Waals surface area contributed by atoms with Crippen LogP contribution >= 0.6 is 0 Å². The third-order valence-electron chi connectivity index (χ3n) is 5.22. The minimum absolute atomic E-state index is 0.160. The molecule has 0 radical (unpaired) electrons. The van der Waals surface area contributed by atoms with Crippen LogP contribution in [-0.2, 0) is 11.3 Å². The highest BCUT2D eigenvalue weighted by atomic mass is 16.5. The third-order valence-corrected chi connectivity index (χ3v) is 5.22. The van der Waals surface area contributed by atoms with Gasteiger partial charge in [0.15, 0.2) is 0 Å². The average molecular weight is 357 g/mol. The van der Waals surface area contributed by atoms with Gasteiger partial charge >= 0.3 is 0 Å². The Kier molecular flexibility index (Phi) is 8.07. The maximum atomic E-state index is 12.4. The number of rotatable bonds is 8. The molecule has 1 aliphatic heterocycles. The second-order valence-corrected chi connectivity index (χ2v) is 7.21.